The molecule has 32 heavy (non-hydrogen) atoms. The van der Waals surface area contributed by atoms with E-state index in [1.165, 1.54) is 6.08 Å². The van der Waals surface area contributed by atoms with Crippen molar-refractivity contribution in [1.29, 1.82) is 0 Å². The normalized spacial score (nSPS) is 12.9. The van der Waals surface area contributed by atoms with Gasteiger partial charge in [-0.15, -0.1) is 0 Å². The molecule has 1 aliphatic rings. The molecule has 1 aliphatic heterocycles. The molecule has 2 amide bonds. The number of amides is 2. The number of benzene rings is 3. The van der Waals surface area contributed by atoms with Crippen LogP contribution in [0.15, 0.2) is 78.9 Å². The molecule has 3 aromatic carbocycles. The van der Waals surface area contributed by atoms with Crippen LogP contribution in [-0.2, 0) is 16.2 Å². The number of carbonyl (C=O) groups excluding carboxylic acids is 2. The van der Waals surface area contributed by atoms with Gasteiger partial charge in [0.2, 0.25) is 5.91 Å². The molecule has 0 saturated carbocycles. The van der Waals surface area contributed by atoms with Crippen molar-refractivity contribution in [2.45, 2.75) is 13.5 Å². The Labute approximate surface area is 187 Å². The van der Waals surface area contributed by atoms with Crippen LogP contribution in [0.4, 0.5) is 11.4 Å². The summed E-state index contributed by atoms with van der Waals surface area (Å²) in [5.41, 5.74) is 3.31. The Morgan fingerprint density at radius 2 is 1.88 bits per heavy atom. The fourth-order valence-electron chi connectivity index (χ4n) is 3.40. The monoisotopic (exact) mass is 428 g/mol. The molecule has 162 valence electrons. The first-order valence-corrected chi connectivity index (χ1v) is 10.5. The van der Waals surface area contributed by atoms with E-state index in [0.29, 0.717) is 30.3 Å². The summed E-state index contributed by atoms with van der Waals surface area (Å²) in [5, 5.41) is 2.82. The third-order valence-corrected chi connectivity index (χ3v) is 5.04. The topological polar surface area (TPSA) is 67.9 Å². The van der Waals surface area contributed by atoms with Gasteiger partial charge in [0.1, 0.15) is 18.1 Å². The molecule has 0 atom stereocenters. The smallest absolute Gasteiger partial charge is 0.265 e. The minimum atomic E-state index is -0.256. The first-order chi connectivity index (χ1) is 15.6. The van der Waals surface area contributed by atoms with Gasteiger partial charge in [-0.3, -0.25) is 9.59 Å². The van der Waals surface area contributed by atoms with E-state index < -0.39 is 0 Å². The second kappa shape index (κ2) is 9.83. The van der Waals surface area contributed by atoms with Crippen LogP contribution in [0.2, 0.25) is 0 Å². The zero-order chi connectivity index (χ0) is 22.3. The highest BCUT2D eigenvalue weighted by atomic mass is 16.5. The van der Waals surface area contributed by atoms with Crippen LogP contribution < -0.4 is 19.7 Å². The fraction of sp³-hybridized carbons (Fsp3) is 0.154. The van der Waals surface area contributed by atoms with Gasteiger partial charge >= 0.3 is 0 Å². The zero-order valence-electron chi connectivity index (χ0n) is 17.8. The van der Waals surface area contributed by atoms with Crippen molar-refractivity contribution < 1.29 is 19.1 Å². The van der Waals surface area contributed by atoms with Gasteiger partial charge in [-0.1, -0.05) is 42.5 Å². The SMILES string of the molecule is CCN1C(=O)COc2cc(NC(=O)/C=C/c3ccc(OCc4ccccc4)cc3)ccc21. The molecule has 0 bridgehead atoms. The Morgan fingerprint density at radius 3 is 2.62 bits per heavy atom. The van der Waals surface area contributed by atoms with Crippen LogP contribution in [-0.4, -0.2) is 25.0 Å². The number of nitrogens with zero attached hydrogens (tertiary/aromatic N) is 1. The van der Waals surface area contributed by atoms with E-state index in [0.717, 1.165) is 16.9 Å². The molecule has 0 unspecified atom stereocenters. The number of likely N-dealkylation sites (N-methyl/N-ethyl adjacent to an activating group) is 1. The maximum Gasteiger partial charge on any atom is 0.265 e. The third kappa shape index (κ3) is 5.16. The maximum atomic E-state index is 12.3. The molecule has 4 rings (SSSR count). The van der Waals surface area contributed by atoms with E-state index in [1.807, 2.05) is 61.5 Å². The molecule has 0 aromatic heterocycles. The number of anilines is 2. The number of ether oxygens (including phenoxy) is 2. The first kappa shape index (κ1) is 21.2. The van der Waals surface area contributed by atoms with Crippen LogP contribution >= 0.6 is 0 Å². The van der Waals surface area contributed by atoms with Crippen molar-refractivity contribution in [3.8, 4) is 11.5 Å². The third-order valence-electron chi connectivity index (χ3n) is 5.04. The molecule has 0 spiro atoms. The van der Waals surface area contributed by atoms with E-state index in [4.69, 9.17) is 9.47 Å². The summed E-state index contributed by atoms with van der Waals surface area (Å²) in [6, 6.07) is 22.8. The lowest BCUT2D eigenvalue weighted by atomic mass is 10.2. The zero-order valence-corrected chi connectivity index (χ0v) is 17.8. The molecular formula is C26H24N2O4. The quantitative estimate of drug-likeness (QED) is 0.556. The van der Waals surface area contributed by atoms with Crippen molar-refractivity contribution in [3.05, 3.63) is 90.0 Å². The minimum Gasteiger partial charge on any atom is -0.489 e. The lowest BCUT2D eigenvalue weighted by Gasteiger charge is -2.28. The van der Waals surface area contributed by atoms with Gasteiger partial charge in [0.25, 0.3) is 5.91 Å². The van der Waals surface area contributed by atoms with Crippen LogP contribution in [0.5, 0.6) is 11.5 Å². The summed E-state index contributed by atoms with van der Waals surface area (Å²) in [6.07, 6.45) is 3.21. The summed E-state index contributed by atoms with van der Waals surface area (Å²) >= 11 is 0. The lowest BCUT2D eigenvalue weighted by Crippen LogP contribution is -2.38. The second-order valence-corrected chi connectivity index (χ2v) is 7.28. The van der Waals surface area contributed by atoms with Crippen molar-refractivity contribution in [3.63, 3.8) is 0 Å². The van der Waals surface area contributed by atoms with E-state index in [-0.39, 0.29) is 18.4 Å². The molecule has 1 heterocycles. The largest absolute Gasteiger partial charge is 0.489 e. The highest BCUT2D eigenvalue weighted by Gasteiger charge is 2.24. The average molecular weight is 428 g/mol. The maximum absolute atomic E-state index is 12.3. The molecule has 1 N–H and O–H groups in total. The van der Waals surface area contributed by atoms with Crippen molar-refractivity contribution in [2.75, 3.05) is 23.4 Å². The summed E-state index contributed by atoms with van der Waals surface area (Å²) in [4.78, 5) is 25.9. The first-order valence-electron chi connectivity index (χ1n) is 10.5. The standard InChI is InChI=1S/C26H24N2O4/c1-2-28-23-14-11-21(16-24(23)32-18-26(28)30)27-25(29)15-10-19-8-12-22(13-9-19)31-17-20-6-4-3-5-7-20/h3-16H,2,17-18H2,1H3,(H,27,29)/b15-10+. The van der Waals surface area contributed by atoms with Gasteiger partial charge in [0.05, 0.1) is 5.69 Å². The molecule has 0 saturated heterocycles. The molecule has 0 radical (unpaired) electrons. The van der Waals surface area contributed by atoms with Gasteiger partial charge in [-0.25, -0.2) is 0 Å². The predicted molar refractivity (Wildman–Crippen MR) is 125 cm³/mol. The highest BCUT2D eigenvalue weighted by molar-refractivity contribution is 6.03. The minimum absolute atomic E-state index is 0.00318. The van der Waals surface area contributed by atoms with Crippen LogP contribution in [0.1, 0.15) is 18.1 Å². The number of nitrogens with one attached hydrogen (secondary N) is 1. The Morgan fingerprint density at radius 1 is 1.09 bits per heavy atom. The summed E-state index contributed by atoms with van der Waals surface area (Å²) in [5.74, 6) is 1.02. The summed E-state index contributed by atoms with van der Waals surface area (Å²) < 4.78 is 11.3. The van der Waals surface area contributed by atoms with Gasteiger partial charge in [-0.05, 0) is 48.4 Å². The number of hydrogen-bond donors (Lipinski definition) is 1. The van der Waals surface area contributed by atoms with Gasteiger partial charge < -0.3 is 19.7 Å². The van der Waals surface area contributed by atoms with Crippen LogP contribution in [0.3, 0.4) is 0 Å². The fourth-order valence-corrected chi connectivity index (χ4v) is 3.40. The van der Waals surface area contributed by atoms with E-state index in [1.54, 1.807) is 29.2 Å². The molecule has 6 heteroatoms. The Bertz CT molecular complexity index is 1120. The number of fused-ring (bicyclic) bond motifs is 1. The molecule has 0 fully saturated rings. The van der Waals surface area contributed by atoms with E-state index >= 15 is 0 Å². The van der Waals surface area contributed by atoms with Gasteiger partial charge in [0, 0.05) is 24.4 Å². The number of carbonyl (C=O) groups is 2. The van der Waals surface area contributed by atoms with E-state index in [9.17, 15) is 9.59 Å². The van der Waals surface area contributed by atoms with Crippen molar-refractivity contribution in [1.82, 2.24) is 0 Å². The highest BCUT2D eigenvalue weighted by Crippen LogP contribution is 2.34. The number of hydrogen-bond acceptors (Lipinski definition) is 4. The summed E-state index contributed by atoms with van der Waals surface area (Å²) in [6.45, 7) is 2.99. The Hall–Kier alpha value is -4.06. The lowest BCUT2D eigenvalue weighted by molar-refractivity contribution is -0.121. The average Bonchev–Trinajstić information content (AvgIpc) is 2.83. The molecule has 0 aliphatic carbocycles. The predicted octanol–water partition coefficient (Wildman–Crippen LogP) is 4.66. The Kier molecular flexibility index (Phi) is 6.51. The number of rotatable bonds is 7. The Balaban J connectivity index is 1.33. The van der Waals surface area contributed by atoms with Gasteiger partial charge in [-0.2, -0.15) is 0 Å². The van der Waals surface area contributed by atoms with Crippen molar-refractivity contribution >= 4 is 29.3 Å². The van der Waals surface area contributed by atoms with E-state index in [2.05, 4.69) is 5.32 Å². The summed E-state index contributed by atoms with van der Waals surface area (Å²) in [7, 11) is 0. The van der Waals surface area contributed by atoms with Crippen molar-refractivity contribution in [2.24, 2.45) is 0 Å². The molecular weight excluding hydrogens is 404 g/mol. The molecule has 3 aromatic rings. The van der Waals surface area contributed by atoms with Crippen LogP contribution in [0.25, 0.3) is 6.08 Å². The van der Waals surface area contributed by atoms with Crippen LogP contribution in [0, 0.1) is 0 Å². The van der Waals surface area contributed by atoms with Gasteiger partial charge in [0.15, 0.2) is 6.61 Å². The molecule has 6 nitrogen and oxygen atoms in total. The second-order valence-electron chi connectivity index (χ2n) is 7.28.